The summed E-state index contributed by atoms with van der Waals surface area (Å²) in [5.41, 5.74) is 1.55. The van der Waals surface area contributed by atoms with Gasteiger partial charge in [0, 0.05) is 6.42 Å². The van der Waals surface area contributed by atoms with Gasteiger partial charge in [0.25, 0.3) is 0 Å². The van der Waals surface area contributed by atoms with Crippen LogP contribution in [0.5, 0.6) is 5.75 Å². The fourth-order valence-electron chi connectivity index (χ4n) is 1.70. The summed E-state index contributed by atoms with van der Waals surface area (Å²) >= 11 is 0. The lowest BCUT2D eigenvalue weighted by Crippen LogP contribution is -2.84. The molecule has 0 aliphatic rings. The number of hydrogen-bond acceptors (Lipinski definition) is 1. The highest BCUT2D eigenvalue weighted by Crippen LogP contribution is 2.24. The molecule has 0 unspecified atom stereocenters. The summed E-state index contributed by atoms with van der Waals surface area (Å²) < 4.78 is 5.71. The molecule has 100 valence electrons. The van der Waals surface area contributed by atoms with Crippen molar-refractivity contribution in [3.63, 3.8) is 0 Å². The summed E-state index contributed by atoms with van der Waals surface area (Å²) in [6.45, 7) is 13.2. The van der Waals surface area contributed by atoms with Crippen LogP contribution in [0.3, 0.4) is 0 Å². The van der Waals surface area contributed by atoms with Crippen LogP contribution in [-0.4, -0.2) is 19.7 Å². The van der Waals surface area contributed by atoms with Crippen molar-refractivity contribution in [2.75, 3.05) is 19.7 Å². The Balaban J connectivity index is 2.29. The van der Waals surface area contributed by atoms with Gasteiger partial charge in [-0.15, -0.1) is 0 Å². The van der Waals surface area contributed by atoms with Crippen molar-refractivity contribution in [3.8, 4) is 5.75 Å². The van der Waals surface area contributed by atoms with Crippen LogP contribution in [0.2, 0.25) is 0 Å². The quantitative estimate of drug-likeness (QED) is 0.582. The number of benzene rings is 1. The van der Waals surface area contributed by atoms with Crippen LogP contribution in [0.15, 0.2) is 36.9 Å². The molecule has 0 saturated heterocycles. The van der Waals surface area contributed by atoms with Crippen LogP contribution in [0.4, 0.5) is 0 Å². The van der Waals surface area contributed by atoms with Gasteiger partial charge in [-0.3, -0.25) is 0 Å². The standard InChI is InChI=1S/C16H25NO/c1-5-11-17-12-6-13-18-15-9-7-14(8-10-15)16(2,3)4/h5,7-10,17H,1,6,11-13H2,2-4H3/p+1. The van der Waals surface area contributed by atoms with Gasteiger partial charge >= 0.3 is 0 Å². The van der Waals surface area contributed by atoms with E-state index in [0.717, 1.165) is 31.9 Å². The van der Waals surface area contributed by atoms with Crippen LogP contribution >= 0.6 is 0 Å². The Bertz CT molecular complexity index is 348. The summed E-state index contributed by atoms with van der Waals surface area (Å²) in [6, 6.07) is 8.43. The smallest absolute Gasteiger partial charge is 0.119 e. The maximum atomic E-state index is 5.71. The lowest BCUT2D eigenvalue weighted by molar-refractivity contribution is -0.646. The largest absolute Gasteiger partial charge is 0.493 e. The molecule has 0 heterocycles. The van der Waals surface area contributed by atoms with Gasteiger partial charge in [0.15, 0.2) is 0 Å². The van der Waals surface area contributed by atoms with E-state index in [-0.39, 0.29) is 5.41 Å². The molecule has 0 spiro atoms. The lowest BCUT2D eigenvalue weighted by atomic mass is 9.87. The van der Waals surface area contributed by atoms with E-state index in [4.69, 9.17) is 4.74 Å². The minimum atomic E-state index is 0.207. The van der Waals surface area contributed by atoms with Crippen molar-refractivity contribution in [1.29, 1.82) is 0 Å². The average molecular weight is 248 g/mol. The van der Waals surface area contributed by atoms with E-state index in [1.54, 1.807) is 0 Å². The van der Waals surface area contributed by atoms with Crippen molar-refractivity contribution in [1.82, 2.24) is 0 Å². The highest BCUT2D eigenvalue weighted by Gasteiger charge is 2.12. The Morgan fingerprint density at radius 1 is 1.22 bits per heavy atom. The SMILES string of the molecule is C=CC[NH2+]CCCOc1ccc(C(C)(C)C)cc1. The molecule has 2 nitrogen and oxygen atoms in total. The van der Waals surface area contributed by atoms with Crippen molar-refractivity contribution in [2.24, 2.45) is 0 Å². The second-order valence-electron chi connectivity index (χ2n) is 5.58. The minimum absolute atomic E-state index is 0.207. The third kappa shape index (κ3) is 5.37. The van der Waals surface area contributed by atoms with E-state index in [1.807, 2.05) is 6.08 Å². The summed E-state index contributed by atoms with van der Waals surface area (Å²) in [5, 5.41) is 2.24. The van der Waals surface area contributed by atoms with Crippen LogP contribution < -0.4 is 10.1 Å². The zero-order valence-electron chi connectivity index (χ0n) is 11.9. The second kappa shape index (κ2) is 7.22. The minimum Gasteiger partial charge on any atom is -0.493 e. The van der Waals surface area contributed by atoms with Crippen LogP contribution in [0, 0.1) is 0 Å². The topological polar surface area (TPSA) is 25.8 Å². The van der Waals surface area contributed by atoms with Gasteiger partial charge in [0.1, 0.15) is 5.75 Å². The van der Waals surface area contributed by atoms with Crippen molar-refractivity contribution >= 4 is 0 Å². The molecular formula is C16H26NO+. The molecule has 18 heavy (non-hydrogen) atoms. The fourth-order valence-corrected chi connectivity index (χ4v) is 1.70. The average Bonchev–Trinajstić information content (AvgIpc) is 2.33. The molecule has 0 aliphatic carbocycles. The predicted molar refractivity (Wildman–Crippen MR) is 77.1 cm³/mol. The van der Waals surface area contributed by atoms with Gasteiger partial charge < -0.3 is 10.1 Å². The maximum absolute atomic E-state index is 5.71. The molecule has 0 atom stereocenters. The summed E-state index contributed by atoms with van der Waals surface area (Å²) in [7, 11) is 0. The fraction of sp³-hybridized carbons (Fsp3) is 0.500. The van der Waals surface area contributed by atoms with Crippen molar-refractivity contribution < 1.29 is 10.1 Å². The van der Waals surface area contributed by atoms with Gasteiger partial charge in [-0.05, 0) is 29.2 Å². The lowest BCUT2D eigenvalue weighted by Gasteiger charge is -2.19. The molecule has 0 saturated carbocycles. The molecule has 0 fully saturated rings. The Morgan fingerprint density at radius 3 is 2.44 bits per heavy atom. The van der Waals surface area contributed by atoms with Gasteiger partial charge in [-0.2, -0.15) is 0 Å². The number of ether oxygens (including phenoxy) is 1. The van der Waals surface area contributed by atoms with Gasteiger partial charge in [0.2, 0.25) is 0 Å². The molecule has 0 aliphatic heterocycles. The first-order chi connectivity index (χ1) is 8.54. The highest BCUT2D eigenvalue weighted by atomic mass is 16.5. The number of quaternary nitrogens is 1. The van der Waals surface area contributed by atoms with Crippen LogP contribution in [0.1, 0.15) is 32.8 Å². The molecule has 0 amide bonds. The Morgan fingerprint density at radius 2 is 1.89 bits per heavy atom. The van der Waals surface area contributed by atoms with Gasteiger partial charge in [-0.25, -0.2) is 0 Å². The molecule has 0 bridgehead atoms. The second-order valence-corrected chi connectivity index (χ2v) is 5.58. The van der Waals surface area contributed by atoms with E-state index in [0.29, 0.717) is 0 Å². The number of nitrogens with two attached hydrogens (primary N) is 1. The molecule has 2 heteroatoms. The zero-order chi connectivity index (χ0) is 13.4. The molecule has 2 N–H and O–H groups in total. The summed E-state index contributed by atoms with van der Waals surface area (Å²) in [5.74, 6) is 0.965. The highest BCUT2D eigenvalue weighted by molar-refractivity contribution is 5.31. The van der Waals surface area contributed by atoms with Gasteiger partial charge in [0.05, 0.1) is 19.7 Å². The Labute approximate surface area is 111 Å². The van der Waals surface area contributed by atoms with E-state index < -0.39 is 0 Å². The zero-order valence-corrected chi connectivity index (χ0v) is 11.9. The molecule has 0 aromatic heterocycles. The van der Waals surface area contributed by atoms with Crippen LogP contribution in [-0.2, 0) is 5.41 Å². The molecular weight excluding hydrogens is 222 g/mol. The van der Waals surface area contributed by atoms with Crippen molar-refractivity contribution in [2.45, 2.75) is 32.6 Å². The van der Waals surface area contributed by atoms with E-state index in [2.05, 4.69) is 56.9 Å². The molecule has 1 aromatic carbocycles. The van der Waals surface area contributed by atoms with E-state index >= 15 is 0 Å². The number of rotatable bonds is 7. The molecule has 1 rings (SSSR count). The third-order valence-corrected chi connectivity index (χ3v) is 2.87. The molecule has 0 radical (unpaired) electrons. The summed E-state index contributed by atoms with van der Waals surface area (Å²) in [6.07, 6.45) is 2.99. The normalized spacial score (nSPS) is 11.3. The first-order valence-electron chi connectivity index (χ1n) is 6.70. The Kier molecular flexibility index (Phi) is 5.93. The third-order valence-electron chi connectivity index (χ3n) is 2.87. The first kappa shape index (κ1) is 14.8. The van der Waals surface area contributed by atoms with Gasteiger partial charge in [-0.1, -0.05) is 39.5 Å². The predicted octanol–water partition coefficient (Wildman–Crippen LogP) is 2.50. The molecule has 1 aromatic rings. The van der Waals surface area contributed by atoms with Crippen LogP contribution in [0.25, 0.3) is 0 Å². The number of hydrogen-bond donors (Lipinski definition) is 1. The van der Waals surface area contributed by atoms with E-state index in [9.17, 15) is 0 Å². The summed E-state index contributed by atoms with van der Waals surface area (Å²) in [4.78, 5) is 0. The Hall–Kier alpha value is -1.28. The van der Waals surface area contributed by atoms with E-state index in [1.165, 1.54) is 5.56 Å². The monoisotopic (exact) mass is 248 g/mol. The van der Waals surface area contributed by atoms with Crippen molar-refractivity contribution in [3.05, 3.63) is 42.5 Å². The first-order valence-corrected chi connectivity index (χ1v) is 6.70. The maximum Gasteiger partial charge on any atom is 0.119 e.